The minimum Gasteiger partial charge on any atom is -0.448 e. The molecule has 0 aromatic heterocycles. The summed E-state index contributed by atoms with van der Waals surface area (Å²) in [6.07, 6.45) is 3.31. The molecular formula is C20H31N3O2. The van der Waals surface area contributed by atoms with Crippen molar-refractivity contribution in [1.29, 1.82) is 0 Å². The van der Waals surface area contributed by atoms with Crippen LogP contribution in [0.3, 0.4) is 0 Å². The Balaban J connectivity index is 1.40. The lowest BCUT2D eigenvalue weighted by Gasteiger charge is -2.41. The maximum Gasteiger partial charge on any atom is 0.409 e. The summed E-state index contributed by atoms with van der Waals surface area (Å²) in [5.41, 5.74) is 1.40. The van der Waals surface area contributed by atoms with Crippen LogP contribution in [0.1, 0.15) is 31.7 Å². The quantitative estimate of drug-likeness (QED) is 0.761. The van der Waals surface area contributed by atoms with Crippen molar-refractivity contribution in [2.24, 2.45) is 0 Å². The van der Waals surface area contributed by atoms with Gasteiger partial charge < -0.3 is 14.5 Å². The van der Waals surface area contributed by atoms with E-state index >= 15 is 0 Å². The molecule has 2 aliphatic rings. The Morgan fingerprint density at radius 1 is 1.24 bits per heavy atom. The Bertz CT molecular complexity index is 551. The first-order valence-electron chi connectivity index (χ1n) is 9.53. The number of ether oxygens (including phenoxy) is 1. The van der Waals surface area contributed by atoms with Gasteiger partial charge in [-0.1, -0.05) is 30.3 Å². The summed E-state index contributed by atoms with van der Waals surface area (Å²) in [5, 5.41) is 0. The summed E-state index contributed by atoms with van der Waals surface area (Å²) in [6, 6.07) is 12.0. The van der Waals surface area contributed by atoms with E-state index in [-0.39, 0.29) is 6.09 Å². The van der Waals surface area contributed by atoms with E-state index in [1.54, 1.807) is 0 Å². The first-order valence-corrected chi connectivity index (χ1v) is 9.53. The van der Waals surface area contributed by atoms with E-state index < -0.39 is 0 Å². The van der Waals surface area contributed by atoms with Crippen molar-refractivity contribution >= 4 is 6.09 Å². The Labute approximate surface area is 151 Å². The summed E-state index contributed by atoms with van der Waals surface area (Å²) in [5.74, 6) is 0. The smallest absolute Gasteiger partial charge is 0.409 e. The molecule has 0 unspecified atom stereocenters. The van der Waals surface area contributed by atoms with Crippen LogP contribution in [0.4, 0.5) is 4.79 Å². The van der Waals surface area contributed by atoms with Crippen LogP contribution in [-0.2, 0) is 11.3 Å². The van der Waals surface area contributed by atoms with Gasteiger partial charge in [-0.15, -0.1) is 0 Å². The fraction of sp³-hybridized carbons (Fsp3) is 0.650. The van der Waals surface area contributed by atoms with E-state index in [9.17, 15) is 4.79 Å². The number of amides is 1. The highest BCUT2D eigenvalue weighted by Gasteiger charge is 2.28. The second kappa shape index (κ2) is 8.68. The van der Waals surface area contributed by atoms with E-state index in [2.05, 4.69) is 54.1 Å². The molecule has 1 amide bonds. The van der Waals surface area contributed by atoms with Crippen LogP contribution in [0.15, 0.2) is 30.3 Å². The van der Waals surface area contributed by atoms with E-state index in [4.69, 9.17) is 4.74 Å². The van der Waals surface area contributed by atoms with Crippen LogP contribution >= 0.6 is 0 Å². The van der Waals surface area contributed by atoms with Crippen LogP contribution in [0.5, 0.6) is 0 Å². The SMILES string of the molecule is C[C@@H]1C[C@H](N(C)CCCN2CCOC2=O)CCN1Cc1ccccc1. The zero-order chi connectivity index (χ0) is 17.6. The van der Waals surface area contributed by atoms with Gasteiger partial charge >= 0.3 is 6.09 Å². The van der Waals surface area contributed by atoms with Gasteiger partial charge in [0.1, 0.15) is 6.61 Å². The standard InChI is InChI=1S/C20H31N3O2/c1-17-15-19(9-12-23(17)16-18-7-4-3-5-8-18)21(2)10-6-11-22-13-14-25-20(22)24/h3-5,7-8,17,19H,6,9-16H2,1-2H3/t17-,19-/m1/s1. The Morgan fingerprint density at radius 3 is 2.72 bits per heavy atom. The summed E-state index contributed by atoms with van der Waals surface area (Å²) in [6.45, 7) is 7.71. The number of hydrogen-bond acceptors (Lipinski definition) is 4. The number of hydrogen-bond donors (Lipinski definition) is 0. The molecule has 2 heterocycles. The summed E-state index contributed by atoms with van der Waals surface area (Å²) in [7, 11) is 2.23. The number of rotatable bonds is 7. The van der Waals surface area contributed by atoms with Crippen molar-refractivity contribution in [2.45, 2.75) is 44.8 Å². The normalized spacial score (nSPS) is 24.8. The second-order valence-electron chi connectivity index (χ2n) is 7.42. The van der Waals surface area contributed by atoms with Crippen LogP contribution in [-0.4, -0.2) is 72.7 Å². The lowest BCUT2D eigenvalue weighted by molar-refractivity contribution is 0.0788. The van der Waals surface area contributed by atoms with Gasteiger partial charge in [0.2, 0.25) is 0 Å². The number of carbonyl (C=O) groups is 1. The van der Waals surface area contributed by atoms with E-state index in [1.807, 2.05) is 4.90 Å². The Kier molecular flexibility index (Phi) is 6.32. The van der Waals surface area contributed by atoms with Crippen molar-refractivity contribution in [3.05, 3.63) is 35.9 Å². The predicted octanol–water partition coefficient (Wildman–Crippen LogP) is 2.81. The zero-order valence-corrected chi connectivity index (χ0v) is 15.6. The molecule has 2 atom stereocenters. The van der Waals surface area contributed by atoms with Crippen LogP contribution in [0.2, 0.25) is 0 Å². The number of benzene rings is 1. The fourth-order valence-electron chi connectivity index (χ4n) is 3.97. The van der Waals surface area contributed by atoms with Crippen molar-refractivity contribution in [1.82, 2.24) is 14.7 Å². The number of cyclic esters (lactones) is 1. The number of likely N-dealkylation sites (tertiary alicyclic amines) is 1. The largest absolute Gasteiger partial charge is 0.448 e. The minimum absolute atomic E-state index is 0.148. The Morgan fingerprint density at radius 2 is 2.04 bits per heavy atom. The monoisotopic (exact) mass is 345 g/mol. The summed E-state index contributed by atoms with van der Waals surface area (Å²) >= 11 is 0. The van der Waals surface area contributed by atoms with Gasteiger partial charge in [0.15, 0.2) is 0 Å². The maximum absolute atomic E-state index is 11.5. The highest BCUT2D eigenvalue weighted by molar-refractivity contribution is 5.69. The lowest BCUT2D eigenvalue weighted by atomic mass is 9.96. The third kappa shape index (κ3) is 4.95. The topological polar surface area (TPSA) is 36.0 Å². The first-order chi connectivity index (χ1) is 12.1. The van der Waals surface area contributed by atoms with Crippen molar-refractivity contribution in [3.8, 4) is 0 Å². The molecule has 0 aliphatic carbocycles. The number of piperidine rings is 1. The van der Waals surface area contributed by atoms with E-state index in [0.717, 1.165) is 39.1 Å². The first kappa shape index (κ1) is 18.2. The van der Waals surface area contributed by atoms with Gasteiger partial charge in [-0.05, 0) is 45.3 Å². The predicted molar refractivity (Wildman–Crippen MR) is 99.5 cm³/mol. The highest BCUT2D eigenvalue weighted by Crippen LogP contribution is 2.23. The zero-order valence-electron chi connectivity index (χ0n) is 15.6. The summed E-state index contributed by atoms with van der Waals surface area (Å²) < 4.78 is 4.98. The van der Waals surface area contributed by atoms with Gasteiger partial charge in [0.25, 0.3) is 0 Å². The molecule has 2 saturated heterocycles. The van der Waals surface area contributed by atoms with Gasteiger partial charge in [-0.3, -0.25) is 4.90 Å². The molecule has 5 nitrogen and oxygen atoms in total. The van der Waals surface area contributed by atoms with Gasteiger partial charge in [0, 0.05) is 31.7 Å². The van der Waals surface area contributed by atoms with Gasteiger partial charge in [-0.2, -0.15) is 0 Å². The second-order valence-corrected chi connectivity index (χ2v) is 7.42. The molecule has 0 bridgehead atoms. The molecule has 25 heavy (non-hydrogen) atoms. The van der Waals surface area contributed by atoms with Crippen LogP contribution in [0, 0.1) is 0 Å². The molecule has 2 fully saturated rings. The van der Waals surface area contributed by atoms with Gasteiger partial charge in [-0.25, -0.2) is 4.79 Å². The van der Waals surface area contributed by atoms with Crippen molar-refractivity contribution in [2.75, 3.05) is 39.8 Å². The van der Waals surface area contributed by atoms with Gasteiger partial charge in [0.05, 0.1) is 6.54 Å². The molecule has 0 spiro atoms. The molecule has 5 heteroatoms. The molecule has 0 saturated carbocycles. The third-order valence-corrected chi connectivity index (χ3v) is 5.62. The Hall–Kier alpha value is -1.59. The van der Waals surface area contributed by atoms with E-state index in [1.165, 1.54) is 18.4 Å². The third-order valence-electron chi connectivity index (χ3n) is 5.62. The average Bonchev–Trinajstić information content (AvgIpc) is 3.02. The molecular weight excluding hydrogens is 314 g/mol. The number of carbonyl (C=O) groups excluding carboxylic acids is 1. The van der Waals surface area contributed by atoms with Crippen molar-refractivity contribution < 1.29 is 9.53 Å². The molecule has 1 aromatic rings. The van der Waals surface area contributed by atoms with Crippen LogP contribution in [0.25, 0.3) is 0 Å². The summed E-state index contributed by atoms with van der Waals surface area (Å²) in [4.78, 5) is 18.4. The lowest BCUT2D eigenvalue weighted by Crippen LogP contribution is -2.48. The fourth-order valence-corrected chi connectivity index (χ4v) is 3.97. The minimum atomic E-state index is -0.148. The maximum atomic E-state index is 11.5. The van der Waals surface area contributed by atoms with Crippen LogP contribution < -0.4 is 0 Å². The average molecular weight is 345 g/mol. The molecule has 3 rings (SSSR count). The molecule has 1 aromatic carbocycles. The number of nitrogens with zero attached hydrogens (tertiary/aromatic N) is 3. The molecule has 2 aliphatic heterocycles. The molecule has 0 radical (unpaired) electrons. The molecule has 138 valence electrons. The molecule has 0 N–H and O–H groups in total. The van der Waals surface area contributed by atoms with E-state index in [0.29, 0.717) is 18.7 Å². The van der Waals surface area contributed by atoms with Crippen molar-refractivity contribution in [3.63, 3.8) is 0 Å². The highest BCUT2D eigenvalue weighted by atomic mass is 16.6.